The molecule has 3 rings (SSSR count). The number of amides is 1. The maximum Gasteiger partial charge on any atom is 0.241 e. The summed E-state index contributed by atoms with van der Waals surface area (Å²) in [6, 6.07) is 10.3. The van der Waals surface area contributed by atoms with Crippen molar-refractivity contribution in [3.63, 3.8) is 0 Å². The van der Waals surface area contributed by atoms with E-state index in [9.17, 15) is 4.79 Å². The second-order valence-electron chi connectivity index (χ2n) is 6.66. The lowest BCUT2D eigenvalue weighted by atomic mass is 10.1. The van der Waals surface area contributed by atoms with Crippen LogP contribution in [-0.4, -0.2) is 52.7 Å². The van der Waals surface area contributed by atoms with E-state index in [4.69, 9.17) is 0 Å². The molecule has 0 bridgehead atoms. The number of guanidine groups is 1. The van der Waals surface area contributed by atoms with Crippen LogP contribution < -0.4 is 10.6 Å². The summed E-state index contributed by atoms with van der Waals surface area (Å²) in [6.07, 6.45) is 5.95. The lowest BCUT2D eigenvalue weighted by molar-refractivity contribution is -0.128. The molecule has 7 nitrogen and oxygen atoms in total. The van der Waals surface area contributed by atoms with Crippen molar-refractivity contribution in [1.82, 2.24) is 25.3 Å². The quantitative estimate of drug-likeness (QED) is 0.575. The Kier molecular flexibility index (Phi) is 6.84. The molecule has 7 heteroatoms. The monoisotopic (exact) mass is 368 g/mol. The second kappa shape index (κ2) is 9.75. The summed E-state index contributed by atoms with van der Waals surface area (Å²) >= 11 is 0. The van der Waals surface area contributed by atoms with Crippen LogP contribution in [0.15, 0.2) is 47.7 Å². The summed E-state index contributed by atoms with van der Waals surface area (Å²) in [5, 5.41) is 10.6. The van der Waals surface area contributed by atoms with Gasteiger partial charge in [0, 0.05) is 32.0 Å². The van der Waals surface area contributed by atoms with E-state index in [-0.39, 0.29) is 12.5 Å². The van der Waals surface area contributed by atoms with Crippen LogP contribution >= 0.6 is 0 Å². The Morgan fingerprint density at radius 2 is 2.00 bits per heavy atom. The predicted molar refractivity (Wildman–Crippen MR) is 106 cm³/mol. The molecule has 1 saturated heterocycles. The SMILES string of the molecule is CCNC(=NCc1cccc(Cn2cccn2)c1)NCC(=O)N1CCCC1. The molecule has 2 heterocycles. The summed E-state index contributed by atoms with van der Waals surface area (Å²) in [7, 11) is 0. The third-order valence-corrected chi connectivity index (χ3v) is 4.52. The molecule has 1 aliphatic heterocycles. The molecule has 1 aromatic heterocycles. The molecule has 0 aliphatic carbocycles. The molecular formula is C20H28N6O. The number of carbonyl (C=O) groups excluding carboxylic acids is 1. The van der Waals surface area contributed by atoms with Crippen LogP contribution in [0.5, 0.6) is 0 Å². The highest BCUT2D eigenvalue weighted by molar-refractivity contribution is 5.86. The molecule has 2 aromatic rings. The lowest BCUT2D eigenvalue weighted by Crippen LogP contribution is -2.44. The van der Waals surface area contributed by atoms with Gasteiger partial charge in [0.1, 0.15) is 0 Å². The average Bonchev–Trinajstić information content (AvgIpc) is 3.38. The van der Waals surface area contributed by atoms with Crippen molar-refractivity contribution in [2.24, 2.45) is 4.99 Å². The smallest absolute Gasteiger partial charge is 0.241 e. The van der Waals surface area contributed by atoms with Crippen molar-refractivity contribution in [1.29, 1.82) is 0 Å². The Morgan fingerprint density at radius 1 is 1.19 bits per heavy atom. The Morgan fingerprint density at radius 3 is 2.74 bits per heavy atom. The van der Waals surface area contributed by atoms with Gasteiger partial charge in [0.15, 0.2) is 5.96 Å². The van der Waals surface area contributed by atoms with Crippen LogP contribution in [0, 0.1) is 0 Å². The van der Waals surface area contributed by atoms with Gasteiger partial charge in [-0.2, -0.15) is 5.10 Å². The van der Waals surface area contributed by atoms with Crippen molar-refractivity contribution < 1.29 is 4.79 Å². The fraction of sp³-hybridized carbons (Fsp3) is 0.450. The Hall–Kier alpha value is -2.83. The van der Waals surface area contributed by atoms with Gasteiger partial charge in [0.05, 0.1) is 19.6 Å². The average molecular weight is 368 g/mol. The van der Waals surface area contributed by atoms with E-state index >= 15 is 0 Å². The zero-order valence-corrected chi connectivity index (χ0v) is 15.9. The number of aromatic nitrogens is 2. The lowest BCUT2D eigenvalue weighted by Gasteiger charge is -2.17. The minimum absolute atomic E-state index is 0.138. The van der Waals surface area contributed by atoms with Gasteiger partial charge in [-0.15, -0.1) is 0 Å². The highest BCUT2D eigenvalue weighted by Crippen LogP contribution is 2.09. The molecule has 1 aliphatic rings. The molecule has 0 spiro atoms. The number of carbonyl (C=O) groups is 1. The van der Waals surface area contributed by atoms with Gasteiger partial charge in [-0.3, -0.25) is 9.48 Å². The molecule has 0 saturated carbocycles. The van der Waals surface area contributed by atoms with Crippen molar-refractivity contribution in [3.8, 4) is 0 Å². The maximum atomic E-state index is 12.2. The first-order valence-electron chi connectivity index (χ1n) is 9.60. The van der Waals surface area contributed by atoms with Crippen LogP contribution in [-0.2, 0) is 17.9 Å². The third kappa shape index (κ3) is 5.84. The van der Waals surface area contributed by atoms with E-state index in [0.717, 1.165) is 44.6 Å². The molecule has 27 heavy (non-hydrogen) atoms. The van der Waals surface area contributed by atoms with Gasteiger partial charge in [-0.25, -0.2) is 4.99 Å². The number of rotatable bonds is 7. The van der Waals surface area contributed by atoms with Crippen molar-refractivity contribution in [2.45, 2.75) is 32.9 Å². The number of hydrogen-bond donors (Lipinski definition) is 2. The molecular weight excluding hydrogens is 340 g/mol. The number of likely N-dealkylation sites (tertiary alicyclic amines) is 1. The minimum Gasteiger partial charge on any atom is -0.357 e. The largest absolute Gasteiger partial charge is 0.357 e. The Balaban J connectivity index is 1.56. The normalized spacial score (nSPS) is 14.4. The summed E-state index contributed by atoms with van der Waals surface area (Å²) < 4.78 is 1.90. The minimum atomic E-state index is 0.138. The summed E-state index contributed by atoms with van der Waals surface area (Å²) in [4.78, 5) is 18.7. The van der Waals surface area contributed by atoms with E-state index in [0.29, 0.717) is 12.5 Å². The zero-order valence-electron chi connectivity index (χ0n) is 15.9. The Bertz CT molecular complexity index is 750. The van der Waals surface area contributed by atoms with Crippen LogP contribution in [0.1, 0.15) is 30.9 Å². The molecule has 144 valence electrons. The number of nitrogens with zero attached hydrogens (tertiary/aromatic N) is 4. The van der Waals surface area contributed by atoms with Crippen molar-refractivity contribution in [2.75, 3.05) is 26.2 Å². The van der Waals surface area contributed by atoms with Crippen LogP contribution in [0.25, 0.3) is 0 Å². The first-order chi connectivity index (χ1) is 13.2. The number of nitrogens with one attached hydrogen (secondary N) is 2. The van der Waals surface area contributed by atoms with Crippen LogP contribution in [0.4, 0.5) is 0 Å². The predicted octanol–water partition coefficient (Wildman–Crippen LogP) is 1.61. The standard InChI is InChI=1S/C20H28N6O/c1-2-21-20(23-15-19(27)25-10-3-4-11-25)22-14-17-7-5-8-18(13-17)16-26-12-6-9-24-26/h5-9,12-13H,2-4,10-11,14-16H2,1H3,(H2,21,22,23). The Labute approximate surface area is 160 Å². The maximum absolute atomic E-state index is 12.2. The third-order valence-electron chi connectivity index (χ3n) is 4.52. The van der Waals surface area contributed by atoms with E-state index in [1.54, 1.807) is 6.20 Å². The molecule has 0 unspecified atom stereocenters. The first kappa shape index (κ1) is 18.9. The van der Waals surface area contributed by atoms with Gasteiger partial charge < -0.3 is 15.5 Å². The fourth-order valence-corrected chi connectivity index (χ4v) is 3.16. The van der Waals surface area contributed by atoms with E-state index in [1.807, 2.05) is 34.8 Å². The van der Waals surface area contributed by atoms with Gasteiger partial charge in [-0.1, -0.05) is 24.3 Å². The zero-order chi connectivity index (χ0) is 18.9. The van der Waals surface area contributed by atoms with Gasteiger partial charge in [0.2, 0.25) is 5.91 Å². The number of hydrogen-bond acceptors (Lipinski definition) is 3. The molecule has 1 amide bonds. The van der Waals surface area contributed by atoms with Gasteiger partial charge >= 0.3 is 0 Å². The summed E-state index contributed by atoms with van der Waals surface area (Å²) in [5.41, 5.74) is 2.32. The van der Waals surface area contributed by atoms with Gasteiger partial charge in [-0.05, 0) is 37.0 Å². The van der Waals surface area contributed by atoms with Crippen LogP contribution in [0.2, 0.25) is 0 Å². The highest BCUT2D eigenvalue weighted by Gasteiger charge is 2.17. The highest BCUT2D eigenvalue weighted by atomic mass is 16.2. The van der Waals surface area contributed by atoms with Crippen molar-refractivity contribution in [3.05, 3.63) is 53.9 Å². The molecule has 1 fully saturated rings. The van der Waals surface area contributed by atoms with Crippen LogP contribution in [0.3, 0.4) is 0 Å². The van der Waals surface area contributed by atoms with Gasteiger partial charge in [0.25, 0.3) is 0 Å². The summed E-state index contributed by atoms with van der Waals surface area (Å²) in [6.45, 7) is 6.10. The number of benzene rings is 1. The van der Waals surface area contributed by atoms with E-state index in [1.165, 1.54) is 5.56 Å². The van der Waals surface area contributed by atoms with E-state index in [2.05, 4.69) is 38.9 Å². The van der Waals surface area contributed by atoms with E-state index < -0.39 is 0 Å². The molecule has 1 aromatic carbocycles. The molecule has 2 N–H and O–H groups in total. The van der Waals surface area contributed by atoms with Crippen molar-refractivity contribution >= 4 is 11.9 Å². The summed E-state index contributed by atoms with van der Waals surface area (Å²) in [5.74, 6) is 0.807. The molecule has 0 radical (unpaired) electrons. The molecule has 0 atom stereocenters. The topological polar surface area (TPSA) is 74.5 Å². The number of aliphatic imine (C=N–C) groups is 1. The second-order valence-corrected chi connectivity index (χ2v) is 6.66. The fourth-order valence-electron chi connectivity index (χ4n) is 3.16. The first-order valence-corrected chi connectivity index (χ1v) is 9.60.